The zero-order valence-corrected chi connectivity index (χ0v) is 11.2. The first-order valence-corrected chi connectivity index (χ1v) is 6.07. The molecule has 0 fully saturated rings. The number of nitrogens with zero attached hydrogens (tertiary/aromatic N) is 1. The number of pyridine rings is 1. The number of nitrogens with two attached hydrogens (primary N) is 1. The van der Waals surface area contributed by atoms with Gasteiger partial charge in [0.15, 0.2) is 0 Å². The van der Waals surface area contributed by atoms with Gasteiger partial charge in [-0.3, -0.25) is 4.98 Å². The molecule has 0 bridgehead atoms. The van der Waals surface area contributed by atoms with Gasteiger partial charge in [-0.15, -0.1) is 0 Å². The van der Waals surface area contributed by atoms with Crippen molar-refractivity contribution in [2.24, 2.45) is 5.73 Å². The van der Waals surface area contributed by atoms with Crippen molar-refractivity contribution in [3.63, 3.8) is 0 Å². The molecule has 2 rings (SSSR count). The second-order valence-corrected chi connectivity index (χ2v) is 4.67. The molecule has 2 aromatic rings. The van der Waals surface area contributed by atoms with E-state index in [2.05, 4.69) is 10.3 Å². The van der Waals surface area contributed by atoms with E-state index in [9.17, 15) is 0 Å². The molecule has 1 aromatic heterocycles. The summed E-state index contributed by atoms with van der Waals surface area (Å²) in [6, 6.07) is 9.88. The number of nitrogens with one attached hydrogen (secondary N) is 1. The van der Waals surface area contributed by atoms with Gasteiger partial charge in [-0.05, 0) is 43.7 Å². The molecule has 0 aliphatic carbocycles. The Labute approximate surface area is 112 Å². The third-order valence-electron chi connectivity index (χ3n) is 2.63. The summed E-state index contributed by atoms with van der Waals surface area (Å²) in [6.45, 7) is 3.98. The average Bonchev–Trinajstić information content (AvgIpc) is 2.32. The Morgan fingerprint density at radius 3 is 2.61 bits per heavy atom. The van der Waals surface area contributed by atoms with E-state index in [0.29, 0.717) is 4.99 Å². The van der Waals surface area contributed by atoms with Gasteiger partial charge in [0, 0.05) is 16.9 Å². The van der Waals surface area contributed by atoms with Crippen LogP contribution in [0.2, 0.25) is 0 Å². The summed E-state index contributed by atoms with van der Waals surface area (Å²) in [7, 11) is 0. The lowest BCUT2D eigenvalue weighted by Crippen LogP contribution is -2.12. The number of aromatic nitrogens is 1. The van der Waals surface area contributed by atoms with Crippen molar-refractivity contribution in [2.75, 3.05) is 5.32 Å². The fraction of sp³-hybridized carbons (Fsp3) is 0.143. The molecule has 4 heteroatoms. The number of hydrogen-bond acceptors (Lipinski definition) is 3. The second-order valence-electron chi connectivity index (χ2n) is 4.23. The number of thiocarbonyl (C=S) groups is 1. The Balaban J connectivity index is 2.35. The molecule has 92 valence electrons. The maximum atomic E-state index is 5.72. The van der Waals surface area contributed by atoms with E-state index >= 15 is 0 Å². The third kappa shape index (κ3) is 2.84. The molecule has 0 radical (unpaired) electrons. The van der Waals surface area contributed by atoms with Crippen LogP contribution in [0.1, 0.15) is 16.8 Å². The van der Waals surface area contributed by atoms with Crippen molar-refractivity contribution < 1.29 is 0 Å². The van der Waals surface area contributed by atoms with Crippen molar-refractivity contribution >= 4 is 28.6 Å². The molecule has 18 heavy (non-hydrogen) atoms. The highest BCUT2D eigenvalue weighted by molar-refractivity contribution is 7.80. The molecule has 0 saturated heterocycles. The first-order valence-electron chi connectivity index (χ1n) is 5.66. The van der Waals surface area contributed by atoms with Gasteiger partial charge in [-0.2, -0.15) is 0 Å². The predicted octanol–water partition coefficient (Wildman–Crippen LogP) is 3.08. The van der Waals surface area contributed by atoms with Gasteiger partial charge in [0.2, 0.25) is 0 Å². The lowest BCUT2D eigenvalue weighted by Gasteiger charge is -2.12. The second kappa shape index (κ2) is 5.14. The van der Waals surface area contributed by atoms with E-state index in [4.69, 9.17) is 18.0 Å². The minimum atomic E-state index is 0.387. The van der Waals surface area contributed by atoms with Crippen LogP contribution in [-0.2, 0) is 0 Å². The van der Waals surface area contributed by atoms with E-state index < -0.39 is 0 Å². The maximum Gasteiger partial charge on any atom is 0.106 e. The molecule has 0 saturated carbocycles. The fourth-order valence-corrected chi connectivity index (χ4v) is 1.85. The molecule has 0 amide bonds. The minimum Gasteiger partial charge on any atom is -0.389 e. The van der Waals surface area contributed by atoms with Gasteiger partial charge >= 0.3 is 0 Å². The summed E-state index contributed by atoms with van der Waals surface area (Å²) in [4.78, 5) is 4.63. The van der Waals surface area contributed by atoms with Crippen molar-refractivity contribution in [2.45, 2.75) is 13.8 Å². The van der Waals surface area contributed by atoms with Crippen molar-refractivity contribution in [3.8, 4) is 0 Å². The summed E-state index contributed by atoms with van der Waals surface area (Å²) >= 11 is 5.05. The quantitative estimate of drug-likeness (QED) is 0.830. The Hall–Kier alpha value is -1.94. The molecule has 1 heterocycles. The fourth-order valence-electron chi connectivity index (χ4n) is 1.67. The number of hydrogen-bond donors (Lipinski definition) is 2. The maximum absolute atomic E-state index is 5.72. The molecule has 0 aliphatic rings. The highest BCUT2D eigenvalue weighted by Crippen LogP contribution is 2.22. The molecule has 3 nitrogen and oxygen atoms in total. The predicted molar refractivity (Wildman–Crippen MR) is 79.3 cm³/mol. The number of rotatable bonds is 3. The van der Waals surface area contributed by atoms with Crippen LogP contribution in [0.25, 0.3) is 0 Å². The highest BCUT2D eigenvalue weighted by atomic mass is 32.1. The third-order valence-corrected chi connectivity index (χ3v) is 2.85. The van der Waals surface area contributed by atoms with Gasteiger partial charge in [-0.25, -0.2) is 0 Å². The van der Waals surface area contributed by atoms with Crippen LogP contribution in [0.3, 0.4) is 0 Å². The molecule has 0 aliphatic heterocycles. The van der Waals surface area contributed by atoms with Gasteiger partial charge in [-0.1, -0.05) is 18.3 Å². The van der Waals surface area contributed by atoms with Crippen LogP contribution in [0.5, 0.6) is 0 Å². The molecular formula is C14H15N3S. The molecule has 3 N–H and O–H groups in total. The van der Waals surface area contributed by atoms with Gasteiger partial charge in [0.05, 0.1) is 11.9 Å². The van der Waals surface area contributed by atoms with Gasteiger partial charge in [0.25, 0.3) is 0 Å². The van der Waals surface area contributed by atoms with E-state index in [-0.39, 0.29) is 0 Å². The number of aryl methyl sites for hydroxylation is 2. The largest absolute Gasteiger partial charge is 0.389 e. The van der Waals surface area contributed by atoms with Crippen LogP contribution in [-0.4, -0.2) is 9.97 Å². The highest BCUT2D eigenvalue weighted by Gasteiger charge is 2.05. The summed E-state index contributed by atoms with van der Waals surface area (Å²) in [5, 5.41) is 3.29. The van der Waals surface area contributed by atoms with Crippen molar-refractivity contribution in [1.82, 2.24) is 4.98 Å². The first-order chi connectivity index (χ1) is 8.56. The minimum absolute atomic E-state index is 0.387. The molecule has 1 aromatic carbocycles. The number of benzene rings is 1. The molecular weight excluding hydrogens is 242 g/mol. The standard InChI is InChI=1S/C14H15N3S/c1-9-3-6-12(14(15)18)13(7-9)17-11-5-4-10(2)16-8-11/h3-8,17H,1-2H3,(H2,15,18). The first kappa shape index (κ1) is 12.5. The zero-order valence-electron chi connectivity index (χ0n) is 10.4. The Kier molecular flexibility index (Phi) is 3.58. The van der Waals surface area contributed by atoms with Crippen LogP contribution >= 0.6 is 12.2 Å². The Morgan fingerprint density at radius 2 is 2.00 bits per heavy atom. The summed E-state index contributed by atoms with van der Waals surface area (Å²) in [6.07, 6.45) is 1.79. The lowest BCUT2D eigenvalue weighted by atomic mass is 10.1. The van der Waals surface area contributed by atoms with Crippen LogP contribution in [0.15, 0.2) is 36.5 Å². The van der Waals surface area contributed by atoms with Crippen LogP contribution in [0.4, 0.5) is 11.4 Å². The van der Waals surface area contributed by atoms with Gasteiger partial charge < -0.3 is 11.1 Å². The summed E-state index contributed by atoms with van der Waals surface area (Å²) < 4.78 is 0. The topological polar surface area (TPSA) is 50.9 Å². The van der Waals surface area contributed by atoms with E-state index in [1.54, 1.807) is 6.20 Å². The summed E-state index contributed by atoms with van der Waals surface area (Å²) in [5.74, 6) is 0. The Bertz CT molecular complexity index is 576. The molecule has 0 spiro atoms. The normalized spacial score (nSPS) is 10.1. The number of anilines is 2. The summed E-state index contributed by atoms with van der Waals surface area (Å²) in [5.41, 5.74) is 10.5. The van der Waals surface area contributed by atoms with Crippen molar-refractivity contribution in [1.29, 1.82) is 0 Å². The van der Waals surface area contributed by atoms with E-state index in [1.165, 1.54) is 0 Å². The SMILES string of the molecule is Cc1ccc(C(N)=S)c(Nc2ccc(C)nc2)c1. The van der Waals surface area contributed by atoms with Gasteiger partial charge in [0.1, 0.15) is 4.99 Å². The molecule has 0 unspecified atom stereocenters. The van der Waals surface area contributed by atoms with Crippen LogP contribution < -0.4 is 11.1 Å². The monoisotopic (exact) mass is 257 g/mol. The zero-order chi connectivity index (χ0) is 13.1. The Morgan fingerprint density at radius 1 is 1.22 bits per heavy atom. The van der Waals surface area contributed by atoms with E-state index in [1.807, 2.05) is 44.2 Å². The average molecular weight is 257 g/mol. The van der Waals surface area contributed by atoms with E-state index in [0.717, 1.165) is 28.2 Å². The van der Waals surface area contributed by atoms with Crippen LogP contribution in [0, 0.1) is 13.8 Å². The lowest BCUT2D eigenvalue weighted by molar-refractivity contribution is 1.20. The smallest absolute Gasteiger partial charge is 0.106 e. The van der Waals surface area contributed by atoms with Crippen molar-refractivity contribution in [3.05, 3.63) is 53.3 Å². The molecule has 0 atom stereocenters.